The van der Waals surface area contributed by atoms with Crippen LogP contribution in [0, 0.1) is 10.1 Å². The number of carbonyl (C=O) groups is 3. The van der Waals surface area contributed by atoms with E-state index in [1.54, 1.807) is 14.0 Å². The van der Waals surface area contributed by atoms with Gasteiger partial charge in [0.05, 0.1) is 17.0 Å². The fourth-order valence-corrected chi connectivity index (χ4v) is 3.08. The number of urea groups is 1. The highest BCUT2D eigenvalue weighted by molar-refractivity contribution is 6.02. The predicted molar refractivity (Wildman–Crippen MR) is 102 cm³/mol. The maximum atomic E-state index is 12.4. The van der Waals surface area contributed by atoms with Gasteiger partial charge in [-0.05, 0) is 24.6 Å². The molecule has 2 unspecified atom stereocenters. The summed E-state index contributed by atoms with van der Waals surface area (Å²) in [6.07, 6.45) is 0.701. The van der Waals surface area contributed by atoms with Crippen molar-refractivity contribution in [3.8, 4) is 0 Å². The van der Waals surface area contributed by atoms with Gasteiger partial charge in [0.2, 0.25) is 0 Å². The van der Waals surface area contributed by atoms with Gasteiger partial charge in [0, 0.05) is 26.2 Å². The lowest BCUT2D eigenvalue weighted by molar-refractivity contribution is -0.384. The normalized spacial score (nSPS) is 21.5. The lowest BCUT2D eigenvalue weighted by Gasteiger charge is -2.39. The molecule has 0 saturated carbocycles. The molecular formula is C17H19N7O5. The monoisotopic (exact) mass is 401 g/mol. The Kier molecular flexibility index (Phi) is 5.26. The topological polar surface area (TPSA) is 141 Å². The first-order chi connectivity index (χ1) is 13.7. The summed E-state index contributed by atoms with van der Waals surface area (Å²) in [5.41, 5.74) is 3.42. The van der Waals surface area contributed by atoms with Gasteiger partial charge in [0.1, 0.15) is 6.54 Å². The minimum atomic E-state index is -0.770. The molecular weight excluding hydrogens is 382 g/mol. The fourth-order valence-electron chi connectivity index (χ4n) is 3.08. The van der Waals surface area contributed by atoms with Gasteiger partial charge in [-0.3, -0.25) is 24.6 Å². The van der Waals surface area contributed by atoms with Crippen LogP contribution in [0.15, 0.2) is 34.4 Å². The number of carbonyl (C=O) groups excluding carboxylic acids is 3. The average Bonchev–Trinajstić information content (AvgIpc) is 3.12. The number of hydrazone groups is 1. The number of likely N-dealkylation sites (N-methyl/N-ethyl adjacent to an activating group) is 2. The molecule has 1 saturated heterocycles. The summed E-state index contributed by atoms with van der Waals surface area (Å²) < 4.78 is 0. The number of hydrogen-bond acceptors (Lipinski definition) is 8. The summed E-state index contributed by atoms with van der Waals surface area (Å²) in [7, 11) is 2.92. The Morgan fingerprint density at radius 1 is 1.28 bits per heavy atom. The smallest absolute Gasteiger partial charge is 0.328 e. The Labute approximate surface area is 165 Å². The van der Waals surface area contributed by atoms with E-state index in [0.717, 1.165) is 4.90 Å². The van der Waals surface area contributed by atoms with Gasteiger partial charge >= 0.3 is 6.03 Å². The second-order valence-electron chi connectivity index (χ2n) is 6.62. The van der Waals surface area contributed by atoms with Crippen LogP contribution in [0.5, 0.6) is 0 Å². The number of benzene rings is 1. The standard InChI is InChI=1S/C17H19N7O5/c1-10(11-4-6-12(7-5-11)24(28)29)19-20-13(25)8-23-9-18-15-14(23)16(26)22(3)17(27)21(15)2/h4-7,9,14-15H,8H2,1-3H3,(H,20,25)/b19-10+. The number of non-ortho nitro benzene ring substituents is 1. The minimum absolute atomic E-state index is 0.0426. The lowest BCUT2D eigenvalue weighted by atomic mass is 10.1. The van der Waals surface area contributed by atoms with E-state index < -0.39 is 35.0 Å². The molecule has 0 aliphatic carbocycles. The molecule has 0 aromatic heterocycles. The molecule has 1 aromatic rings. The summed E-state index contributed by atoms with van der Waals surface area (Å²) in [5, 5.41) is 14.7. The molecule has 2 heterocycles. The van der Waals surface area contributed by atoms with Gasteiger partial charge in [0.15, 0.2) is 12.2 Å². The molecule has 29 heavy (non-hydrogen) atoms. The number of hydrogen-bond donors (Lipinski definition) is 1. The highest BCUT2D eigenvalue weighted by Gasteiger charge is 2.48. The van der Waals surface area contributed by atoms with E-state index in [-0.39, 0.29) is 12.2 Å². The molecule has 12 heteroatoms. The van der Waals surface area contributed by atoms with Gasteiger partial charge in [-0.1, -0.05) is 0 Å². The SMILES string of the molecule is C/C(=N\NC(=O)CN1C=NC2C1C(=O)N(C)C(=O)N2C)c1ccc([N+](=O)[O-])cc1. The Balaban J connectivity index is 1.63. The van der Waals surface area contributed by atoms with E-state index in [2.05, 4.69) is 15.5 Å². The zero-order valence-electron chi connectivity index (χ0n) is 16.0. The van der Waals surface area contributed by atoms with Crippen LogP contribution in [0.4, 0.5) is 10.5 Å². The summed E-state index contributed by atoms with van der Waals surface area (Å²) in [4.78, 5) is 54.8. The highest BCUT2D eigenvalue weighted by Crippen LogP contribution is 2.24. The zero-order valence-corrected chi connectivity index (χ0v) is 16.0. The summed E-state index contributed by atoms with van der Waals surface area (Å²) in [6, 6.07) is 4.53. The number of nitrogens with one attached hydrogen (secondary N) is 1. The Bertz CT molecular complexity index is 927. The van der Waals surface area contributed by atoms with Crippen LogP contribution in [0.25, 0.3) is 0 Å². The first-order valence-corrected chi connectivity index (χ1v) is 8.62. The quantitative estimate of drug-likeness (QED) is 0.418. The van der Waals surface area contributed by atoms with Crippen LogP contribution in [0.3, 0.4) is 0 Å². The summed E-state index contributed by atoms with van der Waals surface area (Å²) in [5.74, 6) is -0.915. The van der Waals surface area contributed by atoms with E-state index in [1.165, 1.54) is 47.5 Å². The minimum Gasteiger partial charge on any atom is -0.338 e. The van der Waals surface area contributed by atoms with Crippen molar-refractivity contribution in [3.05, 3.63) is 39.9 Å². The number of amides is 4. The van der Waals surface area contributed by atoms with Crippen molar-refractivity contribution in [2.45, 2.75) is 19.1 Å². The summed E-state index contributed by atoms with van der Waals surface area (Å²) >= 11 is 0. The number of fused-ring (bicyclic) bond motifs is 1. The molecule has 0 radical (unpaired) electrons. The molecule has 2 aliphatic heterocycles. The van der Waals surface area contributed by atoms with Gasteiger partial charge in [-0.25, -0.2) is 15.2 Å². The lowest BCUT2D eigenvalue weighted by Crippen LogP contribution is -2.64. The van der Waals surface area contributed by atoms with Gasteiger partial charge in [-0.15, -0.1) is 0 Å². The van der Waals surface area contributed by atoms with Crippen LogP contribution in [0.2, 0.25) is 0 Å². The van der Waals surface area contributed by atoms with Gasteiger partial charge in [-0.2, -0.15) is 5.10 Å². The van der Waals surface area contributed by atoms with Crippen molar-refractivity contribution >= 4 is 35.6 Å². The van der Waals surface area contributed by atoms with E-state index in [1.807, 2.05) is 0 Å². The third kappa shape index (κ3) is 3.77. The number of imide groups is 1. The summed E-state index contributed by atoms with van der Waals surface area (Å²) in [6.45, 7) is 1.47. The number of rotatable bonds is 5. The molecule has 0 spiro atoms. The maximum Gasteiger partial charge on any atom is 0.328 e. The maximum absolute atomic E-state index is 12.4. The molecule has 12 nitrogen and oxygen atoms in total. The molecule has 2 atom stereocenters. The second-order valence-corrected chi connectivity index (χ2v) is 6.62. The molecule has 4 amide bonds. The Hall–Kier alpha value is -3.83. The van der Waals surface area contributed by atoms with E-state index >= 15 is 0 Å². The first-order valence-electron chi connectivity index (χ1n) is 8.62. The Morgan fingerprint density at radius 2 is 1.93 bits per heavy atom. The number of nitrogens with zero attached hydrogens (tertiary/aromatic N) is 6. The van der Waals surface area contributed by atoms with Crippen LogP contribution >= 0.6 is 0 Å². The molecule has 0 bridgehead atoms. The third-order valence-corrected chi connectivity index (χ3v) is 4.75. The van der Waals surface area contributed by atoms with Crippen molar-refractivity contribution in [3.63, 3.8) is 0 Å². The van der Waals surface area contributed by atoms with Crippen molar-refractivity contribution in [2.24, 2.45) is 10.1 Å². The van der Waals surface area contributed by atoms with Gasteiger partial charge in [0.25, 0.3) is 17.5 Å². The molecule has 152 valence electrons. The second kappa shape index (κ2) is 7.66. The molecule has 1 fully saturated rings. The number of nitro groups is 1. The molecule has 3 rings (SSSR count). The zero-order chi connectivity index (χ0) is 21.3. The Morgan fingerprint density at radius 3 is 2.55 bits per heavy atom. The van der Waals surface area contributed by atoms with E-state index in [0.29, 0.717) is 11.3 Å². The van der Waals surface area contributed by atoms with Crippen LogP contribution in [-0.2, 0) is 9.59 Å². The van der Waals surface area contributed by atoms with Crippen LogP contribution < -0.4 is 5.43 Å². The third-order valence-electron chi connectivity index (χ3n) is 4.75. The molecule has 1 N–H and O–H groups in total. The number of aliphatic imine (C=N–C) groups is 1. The highest BCUT2D eigenvalue weighted by atomic mass is 16.6. The largest absolute Gasteiger partial charge is 0.338 e. The predicted octanol–water partition coefficient (Wildman–Crippen LogP) is -0.00260. The molecule has 1 aromatic carbocycles. The van der Waals surface area contributed by atoms with E-state index in [4.69, 9.17) is 0 Å². The van der Waals surface area contributed by atoms with Crippen LogP contribution in [-0.4, -0.2) is 82.4 Å². The van der Waals surface area contributed by atoms with Crippen molar-refractivity contribution < 1.29 is 19.3 Å². The number of nitro benzene ring substituents is 1. The van der Waals surface area contributed by atoms with E-state index in [9.17, 15) is 24.5 Å². The van der Waals surface area contributed by atoms with Crippen molar-refractivity contribution in [1.82, 2.24) is 20.1 Å². The van der Waals surface area contributed by atoms with Crippen molar-refractivity contribution in [2.75, 3.05) is 20.6 Å². The fraction of sp³-hybridized carbons (Fsp3) is 0.353. The molecule has 2 aliphatic rings. The average molecular weight is 401 g/mol. The first kappa shape index (κ1) is 19.9. The van der Waals surface area contributed by atoms with Crippen LogP contribution in [0.1, 0.15) is 12.5 Å². The van der Waals surface area contributed by atoms with Crippen molar-refractivity contribution in [1.29, 1.82) is 0 Å². The van der Waals surface area contributed by atoms with Gasteiger partial charge < -0.3 is 9.80 Å².